The van der Waals surface area contributed by atoms with Crippen LogP contribution >= 0.6 is 23.7 Å². The summed E-state index contributed by atoms with van der Waals surface area (Å²) in [7, 11) is -3.11. The van der Waals surface area contributed by atoms with Crippen molar-refractivity contribution in [1.82, 2.24) is 4.98 Å². The quantitative estimate of drug-likeness (QED) is 0.741. The highest BCUT2D eigenvalue weighted by Crippen LogP contribution is 2.19. The first-order chi connectivity index (χ1) is 4.50. The van der Waals surface area contributed by atoms with Crippen molar-refractivity contribution in [3.63, 3.8) is 0 Å². The second-order valence-electron chi connectivity index (χ2n) is 1.79. The average Bonchev–Trinajstić information content (AvgIpc) is 2.11. The van der Waals surface area contributed by atoms with Crippen LogP contribution in [0.3, 0.4) is 0 Å². The van der Waals surface area contributed by atoms with Crippen molar-refractivity contribution < 1.29 is 8.42 Å². The van der Waals surface area contributed by atoms with E-state index in [0.717, 1.165) is 17.6 Å². The van der Waals surface area contributed by atoms with Crippen molar-refractivity contribution in [2.24, 2.45) is 0 Å². The summed E-state index contributed by atoms with van der Waals surface area (Å²) in [5.74, 6) is 0. The molecule has 1 aromatic rings. The lowest BCUT2D eigenvalue weighted by Crippen LogP contribution is -1.91. The van der Waals surface area contributed by atoms with Crippen molar-refractivity contribution >= 4 is 38.7 Å². The molecule has 0 aromatic carbocycles. The Morgan fingerprint density at radius 1 is 1.64 bits per heavy atom. The van der Waals surface area contributed by atoms with Gasteiger partial charge < -0.3 is 5.73 Å². The molecule has 64 valence electrons. The van der Waals surface area contributed by atoms with Crippen LogP contribution in [0.2, 0.25) is 0 Å². The summed E-state index contributed by atoms with van der Waals surface area (Å²) in [6, 6.07) is 0. The minimum absolute atomic E-state index is 0. The zero-order chi connectivity index (χ0) is 7.78. The van der Waals surface area contributed by atoms with Crippen molar-refractivity contribution in [2.45, 2.75) is 4.21 Å². The Morgan fingerprint density at radius 3 is 2.36 bits per heavy atom. The number of thiazole rings is 1. The van der Waals surface area contributed by atoms with Crippen LogP contribution in [0.4, 0.5) is 5.13 Å². The van der Waals surface area contributed by atoms with E-state index < -0.39 is 9.84 Å². The molecule has 0 radical (unpaired) electrons. The molecule has 0 fully saturated rings. The molecule has 1 heterocycles. The Hall–Kier alpha value is -0.330. The molecule has 0 bridgehead atoms. The number of nitrogens with two attached hydrogens (primary N) is 1. The topological polar surface area (TPSA) is 73.0 Å². The molecule has 2 N–H and O–H groups in total. The fraction of sp³-hybridized carbons (Fsp3) is 0.250. The zero-order valence-corrected chi connectivity index (χ0v) is 8.09. The molecule has 1 aromatic heterocycles. The molecule has 0 spiro atoms. The number of nitrogens with zero attached hydrogens (tertiary/aromatic N) is 1. The summed E-state index contributed by atoms with van der Waals surface area (Å²) in [6.07, 6.45) is 2.38. The number of anilines is 1. The molecule has 0 unspecified atom stereocenters. The molecule has 0 atom stereocenters. The van der Waals surface area contributed by atoms with Crippen LogP contribution < -0.4 is 5.73 Å². The fourth-order valence-corrected chi connectivity index (χ4v) is 1.97. The summed E-state index contributed by atoms with van der Waals surface area (Å²) in [6.45, 7) is 0. The van der Waals surface area contributed by atoms with Gasteiger partial charge >= 0.3 is 0 Å². The minimum Gasteiger partial charge on any atom is -0.375 e. The predicted molar refractivity (Wildman–Crippen MR) is 46.9 cm³/mol. The normalized spacial score (nSPS) is 10.6. The Bertz CT molecular complexity index is 332. The number of aromatic nitrogens is 1. The van der Waals surface area contributed by atoms with Crippen LogP contribution in [0, 0.1) is 0 Å². The van der Waals surface area contributed by atoms with Crippen molar-refractivity contribution in [1.29, 1.82) is 0 Å². The molecule has 11 heavy (non-hydrogen) atoms. The largest absolute Gasteiger partial charge is 0.375 e. The Kier molecular flexibility index (Phi) is 3.28. The van der Waals surface area contributed by atoms with Gasteiger partial charge in [0.15, 0.2) is 15.0 Å². The third kappa shape index (κ3) is 2.64. The van der Waals surface area contributed by atoms with E-state index in [-0.39, 0.29) is 21.7 Å². The van der Waals surface area contributed by atoms with Crippen LogP contribution in [0.1, 0.15) is 0 Å². The lowest BCUT2D eigenvalue weighted by molar-refractivity contribution is 0.603. The van der Waals surface area contributed by atoms with Crippen molar-refractivity contribution in [3.8, 4) is 0 Å². The number of hydrogen-bond donors (Lipinski definition) is 1. The van der Waals surface area contributed by atoms with E-state index in [2.05, 4.69) is 4.98 Å². The van der Waals surface area contributed by atoms with E-state index in [4.69, 9.17) is 5.73 Å². The lowest BCUT2D eigenvalue weighted by atomic mass is 11.0. The highest BCUT2D eigenvalue weighted by atomic mass is 35.5. The molecule has 0 aliphatic rings. The fourth-order valence-electron chi connectivity index (χ4n) is 0.444. The first kappa shape index (κ1) is 10.7. The molecule has 7 heteroatoms. The molecular formula is C4H7ClN2O2S2. The smallest absolute Gasteiger partial charge is 0.186 e. The van der Waals surface area contributed by atoms with E-state index in [1.54, 1.807) is 0 Å². The van der Waals surface area contributed by atoms with Crippen LogP contribution in [-0.2, 0) is 9.84 Å². The van der Waals surface area contributed by atoms with Crippen molar-refractivity contribution in [2.75, 3.05) is 12.0 Å². The van der Waals surface area contributed by atoms with E-state index in [9.17, 15) is 8.42 Å². The van der Waals surface area contributed by atoms with Gasteiger partial charge in [-0.3, -0.25) is 0 Å². The van der Waals surface area contributed by atoms with Gasteiger partial charge in [-0.25, -0.2) is 13.4 Å². The van der Waals surface area contributed by atoms with Crippen molar-refractivity contribution in [3.05, 3.63) is 6.20 Å². The SMILES string of the molecule is CS(=O)(=O)c1cnc(N)s1.Cl. The first-order valence-corrected chi connectivity index (χ1v) is 5.12. The van der Waals surface area contributed by atoms with Gasteiger partial charge in [-0.05, 0) is 0 Å². The average molecular weight is 215 g/mol. The van der Waals surface area contributed by atoms with Crippen LogP contribution in [0.15, 0.2) is 10.4 Å². The summed E-state index contributed by atoms with van der Waals surface area (Å²) in [4.78, 5) is 3.60. The van der Waals surface area contributed by atoms with E-state index >= 15 is 0 Å². The zero-order valence-electron chi connectivity index (χ0n) is 5.64. The number of nitrogen functional groups attached to an aromatic ring is 1. The number of rotatable bonds is 1. The number of halogens is 1. The van der Waals surface area contributed by atoms with Gasteiger partial charge in [0, 0.05) is 6.26 Å². The highest BCUT2D eigenvalue weighted by molar-refractivity contribution is 7.92. The maximum atomic E-state index is 10.8. The van der Waals surface area contributed by atoms with Crippen LogP contribution in [0.5, 0.6) is 0 Å². The standard InChI is InChI=1S/C4H6N2O2S2.ClH/c1-10(7,8)3-2-6-4(5)9-3;/h2H,1H3,(H2,5,6);1H. The van der Waals surface area contributed by atoms with Crippen LogP contribution in [0.25, 0.3) is 0 Å². The molecule has 0 amide bonds. The first-order valence-electron chi connectivity index (χ1n) is 2.41. The molecule has 4 nitrogen and oxygen atoms in total. The maximum absolute atomic E-state index is 10.8. The van der Waals surface area contributed by atoms with Gasteiger partial charge in [0.1, 0.15) is 4.21 Å². The Morgan fingerprint density at radius 2 is 2.18 bits per heavy atom. The molecule has 0 aliphatic heterocycles. The van der Waals surface area contributed by atoms with Crippen LogP contribution in [-0.4, -0.2) is 19.7 Å². The lowest BCUT2D eigenvalue weighted by Gasteiger charge is -1.85. The minimum atomic E-state index is -3.11. The van der Waals surface area contributed by atoms with Gasteiger partial charge in [-0.2, -0.15) is 0 Å². The Labute approximate surface area is 74.8 Å². The van der Waals surface area contributed by atoms with Gasteiger partial charge in [0.05, 0.1) is 6.20 Å². The molecule has 1 rings (SSSR count). The van der Waals surface area contributed by atoms with Gasteiger partial charge in [0.25, 0.3) is 0 Å². The summed E-state index contributed by atoms with van der Waals surface area (Å²) >= 11 is 0.973. The van der Waals surface area contributed by atoms with Gasteiger partial charge in [-0.1, -0.05) is 11.3 Å². The summed E-state index contributed by atoms with van der Waals surface area (Å²) in [5, 5.41) is 0.278. The molecule has 0 saturated heterocycles. The molecule has 0 saturated carbocycles. The van der Waals surface area contributed by atoms with Gasteiger partial charge in [-0.15, -0.1) is 12.4 Å². The monoisotopic (exact) mass is 214 g/mol. The molecule has 0 aliphatic carbocycles. The highest BCUT2D eigenvalue weighted by Gasteiger charge is 2.09. The number of sulfone groups is 1. The maximum Gasteiger partial charge on any atom is 0.186 e. The summed E-state index contributed by atoms with van der Waals surface area (Å²) < 4.78 is 21.7. The van der Waals surface area contributed by atoms with E-state index in [1.165, 1.54) is 6.20 Å². The number of hydrogen-bond acceptors (Lipinski definition) is 5. The molecular weight excluding hydrogens is 208 g/mol. The third-order valence-electron chi connectivity index (χ3n) is 0.868. The second kappa shape index (κ2) is 3.38. The second-order valence-corrected chi connectivity index (χ2v) is 5.09. The summed E-state index contributed by atoms with van der Waals surface area (Å²) in [5.41, 5.74) is 5.22. The third-order valence-corrected chi connectivity index (χ3v) is 3.48. The van der Waals surface area contributed by atoms with E-state index in [0.29, 0.717) is 0 Å². The predicted octanol–water partition coefficient (Wildman–Crippen LogP) is 0.551. The Balaban J connectivity index is 0.000001000. The van der Waals surface area contributed by atoms with Gasteiger partial charge in [0.2, 0.25) is 0 Å². The van der Waals surface area contributed by atoms with E-state index in [1.807, 2.05) is 0 Å².